The Kier molecular flexibility index (Phi) is 4.20. The number of rotatable bonds is 3. The van der Waals surface area contributed by atoms with Gasteiger partial charge in [-0.1, -0.05) is 12.1 Å². The number of alkyl halides is 6. The lowest BCUT2D eigenvalue weighted by molar-refractivity contribution is -0.246. The molecule has 12 heteroatoms. The molecule has 0 N–H and O–H groups in total. The molecule has 24 heavy (non-hydrogen) atoms. The summed E-state index contributed by atoms with van der Waals surface area (Å²) in [5.74, 6) is -3.83. The van der Waals surface area contributed by atoms with Gasteiger partial charge in [0.1, 0.15) is 0 Å². The lowest BCUT2D eigenvalue weighted by Gasteiger charge is -2.42. The molecule has 5 nitrogen and oxygen atoms in total. The van der Waals surface area contributed by atoms with E-state index in [1.54, 1.807) is 0 Å². The second-order valence-corrected chi connectivity index (χ2v) is 6.42. The number of hydrogen-bond acceptors (Lipinski definition) is 5. The Hall–Kier alpha value is -1.69. The lowest BCUT2D eigenvalue weighted by Crippen LogP contribution is -2.68. The van der Waals surface area contributed by atoms with Crippen LogP contribution in [0.25, 0.3) is 0 Å². The molecule has 0 aromatic heterocycles. The van der Waals surface area contributed by atoms with Gasteiger partial charge in [-0.15, -0.1) is 0 Å². The molecule has 0 saturated carbocycles. The van der Waals surface area contributed by atoms with Gasteiger partial charge in [0, 0.05) is 13.6 Å². The highest BCUT2D eigenvalue weighted by Gasteiger charge is 2.71. The average Bonchev–Trinajstić information content (AvgIpc) is 2.67. The van der Waals surface area contributed by atoms with Crippen molar-refractivity contribution < 1.29 is 38.9 Å². The molecule has 1 atom stereocenters. The fraction of sp³-hybridized carbons (Fsp3) is 0.500. The van der Waals surface area contributed by atoms with Gasteiger partial charge in [-0.3, -0.25) is 0 Å². The van der Waals surface area contributed by atoms with E-state index in [0.29, 0.717) is 9.80 Å². The Morgan fingerprint density at radius 3 is 2.00 bits per heavy atom. The van der Waals surface area contributed by atoms with Gasteiger partial charge in [-0.25, -0.2) is 4.18 Å². The fourth-order valence-corrected chi connectivity index (χ4v) is 3.26. The minimum absolute atomic E-state index is 0.0998. The van der Waals surface area contributed by atoms with E-state index < -0.39 is 34.2 Å². The van der Waals surface area contributed by atoms with Gasteiger partial charge in [0.25, 0.3) is 0 Å². The summed E-state index contributed by atoms with van der Waals surface area (Å²) in [6.07, 6.45) is -5.48. The number of para-hydroxylation sites is 2. The van der Waals surface area contributed by atoms with Gasteiger partial charge in [-0.05, 0) is 19.1 Å². The molecule has 0 radical (unpaired) electrons. The molecule has 0 fully saturated rings. The molecule has 2 rings (SSSR count). The largest absolute Gasteiger partial charge is 0.523 e. The molecule has 0 bridgehead atoms. The van der Waals surface area contributed by atoms with Crippen molar-refractivity contribution in [3.05, 3.63) is 24.3 Å². The first-order chi connectivity index (χ1) is 10.8. The topological polar surface area (TPSA) is 49.9 Å². The van der Waals surface area contributed by atoms with Crippen LogP contribution in [0.5, 0.6) is 0 Å². The van der Waals surface area contributed by atoms with Crippen LogP contribution >= 0.6 is 0 Å². The van der Waals surface area contributed by atoms with E-state index in [2.05, 4.69) is 4.18 Å². The van der Waals surface area contributed by atoms with Gasteiger partial charge in [-0.2, -0.15) is 34.8 Å². The van der Waals surface area contributed by atoms with E-state index in [-0.39, 0.29) is 11.4 Å². The van der Waals surface area contributed by atoms with E-state index in [4.69, 9.17) is 0 Å². The zero-order valence-electron chi connectivity index (χ0n) is 12.3. The van der Waals surface area contributed by atoms with E-state index >= 15 is 0 Å². The van der Waals surface area contributed by atoms with Crippen molar-refractivity contribution in [3.8, 4) is 0 Å². The number of benzene rings is 1. The monoisotopic (exact) mass is 378 g/mol. The summed E-state index contributed by atoms with van der Waals surface area (Å²) in [6, 6.07) is 5.19. The number of fused-ring (bicyclic) bond motifs is 1. The van der Waals surface area contributed by atoms with Crippen molar-refractivity contribution >= 4 is 21.5 Å². The first-order valence-corrected chi connectivity index (χ1v) is 7.89. The highest BCUT2D eigenvalue weighted by atomic mass is 32.2. The summed E-state index contributed by atoms with van der Waals surface area (Å²) in [5, 5.41) is 0. The molecule has 1 unspecified atom stereocenters. The number of nitrogens with zero attached hydrogens (tertiary/aromatic N) is 2. The zero-order valence-corrected chi connectivity index (χ0v) is 13.1. The lowest BCUT2D eigenvalue weighted by atomic mass is 10.2. The number of anilines is 2. The molecule has 1 heterocycles. The fourth-order valence-electron chi connectivity index (χ4n) is 2.56. The van der Waals surface area contributed by atoms with Gasteiger partial charge >= 0.3 is 27.7 Å². The van der Waals surface area contributed by atoms with Crippen LogP contribution in [0.1, 0.15) is 6.92 Å². The summed E-state index contributed by atoms with van der Waals surface area (Å²) < 4.78 is 106. The SMILES string of the molecule is CCN1c2ccccc2N(C)C1(OS(=O)(=O)C(F)(F)F)C(F)(F)F. The van der Waals surface area contributed by atoms with Gasteiger partial charge < -0.3 is 9.80 Å². The minimum atomic E-state index is -6.52. The summed E-state index contributed by atoms with van der Waals surface area (Å²) in [7, 11) is -5.71. The van der Waals surface area contributed by atoms with E-state index in [1.165, 1.54) is 31.2 Å². The zero-order chi connectivity index (χ0) is 18.6. The van der Waals surface area contributed by atoms with Crippen LogP contribution < -0.4 is 9.80 Å². The van der Waals surface area contributed by atoms with Crippen LogP contribution in [0.15, 0.2) is 24.3 Å². The van der Waals surface area contributed by atoms with Crippen molar-refractivity contribution in [2.75, 3.05) is 23.4 Å². The first kappa shape index (κ1) is 18.6. The molecule has 0 spiro atoms. The van der Waals surface area contributed by atoms with Crippen LogP contribution in [-0.4, -0.2) is 39.5 Å². The van der Waals surface area contributed by atoms with Crippen LogP contribution in [0.3, 0.4) is 0 Å². The Morgan fingerprint density at radius 1 is 1.08 bits per heavy atom. The normalized spacial score (nSPS) is 22.0. The Labute approximate surface area is 133 Å². The van der Waals surface area contributed by atoms with Gasteiger partial charge in [0.2, 0.25) is 0 Å². The Morgan fingerprint density at radius 2 is 1.58 bits per heavy atom. The van der Waals surface area contributed by atoms with E-state index in [9.17, 15) is 34.8 Å². The highest BCUT2D eigenvalue weighted by Crippen LogP contribution is 2.53. The third kappa shape index (κ3) is 2.48. The van der Waals surface area contributed by atoms with E-state index in [1.807, 2.05) is 0 Å². The molecule has 1 aromatic carbocycles. The molecule has 136 valence electrons. The summed E-state index contributed by atoms with van der Waals surface area (Å²) in [6.45, 7) is 0.786. The molecule has 0 aliphatic carbocycles. The van der Waals surface area contributed by atoms with Crippen molar-refractivity contribution in [2.24, 2.45) is 0 Å². The summed E-state index contributed by atoms with van der Waals surface area (Å²) in [4.78, 5) is 0.751. The summed E-state index contributed by atoms with van der Waals surface area (Å²) >= 11 is 0. The predicted molar refractivity (Wildman–Crippen MR) is 72.7 cm³/mol. The number of halogens is 6. The second kappa shape index (κ2) is 5.41. The van der Waals surface area contributed by atoms with Crippen LogP contribution in [0, 0.1) is 0 Å². The predicted octanol–water partition coefficient (Wildman–Crippen LogP) is 3.05. The van der Waals surface area contributed by atoms with Crippen LogP contribution in [0.2, 0.25) is 0 Å². The van der Waals surface area contributed by atoms with Crippen molar-refractivity contribution in [3.63, 3.8) is 0 Å². The quantitative estimate of drug-likeness (QED) is 0.460. The minimum Gasteiger partial charge on any atom is -0.319 e. The maximum Gasteiger partial charge on any atom is 0.523 e. The summed E-state index contributed by atoms with van der Waals surface area (Å²) in [5.41, 5.74) is -6.22. The van der Waals surface area contributed by atoms with E-state index in [0.717, 1.165) is 7.05 Å². The standard InChI is InChI=1S/C12H12F6N2O3S/c1-3-20-9-7-5-4-6-8(9)19(2)11(20,10(13,14)15)23-24(21,22)12(16,17)18/h4-7H,3H2,1-2H3. The molecule has 0 amide bonds. The molecule has 1 aliphatic heterocycles. The van der Waals surface area contributed by atoms with Crippen molar-refractivity contribution in [2.45, 2.75) is 24.5 Å². The number of hydrogen-bond donors (Lipinski definition) is 0. The first-order valence-electron chi connectivity index (χ1n) is 6.48. The molecular formula is C12H12F6N2O3S. The van der Waals surface area contributed by atoms with Gasteiger partial charge in [0.05, 0.1) is 11.4 Å². The molecular weight excluding hydrogens is 366 g/mol. The maximum absolute atomic E-state index is 13.7. The highest BCUT2D eigenvalue weighted by molar-refractivity contribution is 7.87. The Bertz CT molecular complexity index is 733. The van der Waals surface area contributed by atoms with Crippen molar-refractivity contribution in [1.82, 2.24) is 0 Å². The van der Waals surface area contributed by atoms with Crippen LogP contribution in [-0.2, 0) is 14.3 Å². The smallest absolute Gasteiger partial charge is 0.319 e. The average molecular weight is 378 g/mol. The second-order valence-electron chi connectivity index (χ2n) is 4.88. The molecule has 1 aromatic rings. The third-order valence-corrected chi connectivity index (χ3v) is 4.57. The van der Waals surface area contributed by atoms with Gasteiger partial charge in [0.15, 0.2) is 0 Å². The maximum atomic E-state index is 13.7. The van der Waals surface area contributed by atoms with Crippen LogP contribution in [0.4, 0.5) is 37.7 Å². The van der Waals surface area contributed by atoms with Crippen molar-refractivity contribution in [1.29, 1.82) is 0 Å². The third-order valence-electron chi connectivity index (χ3n) is 3.55. The molecule has 1 aliphatic rings. The Balaban J connectivity index is 2.71. The molecule has 0 saturated heterocycles.